The van der Waals surface area contributed by atoms with E-state index in [1.54, 1.807) is 0 Å². The van der Waals surface area contributed by atoms with Gasteiger partial charge in [0.15, 0.2) is 0 Å². The molecule has 3 nitrogen and oxygen atoms in total. The Morgan fingerprint density at radius 2 is 2.39 bits per heavy atom. The molecule has 0 amide bonds. The van der Waals surface area contributed by atoms with Gasteiger partial charge in [0.2, 0.25) is 5.28 Å². The molecule has 0 saturated heterocycles. The monoisotopic (exact) mass is 281 g/mol. The minimum Gasteiger partial charge on any atom is -0.294 e. The van der Waals surface area contributed by atoms with Crippen LogP contribution in [0.4, 0.5) is 0 Å². The lowest BCUT2D eigenvalue weighted by Gasteiger charge is -2.25. The molecule has 2 aromatic heterocycles. The molecule has 0 aliphatic heterocycles. The van der Waals surface area contributed by atoms with E-state index in [1.165, 1.54) is 23.3 Å². The molecular weight excluding hydrogens is 266 g/mol. The van der Waals surface area contributed by atoms with Crippen molar-refractivity contribution in [2.75, 3.05) is 0 Å². The van der Waals surface area contributed by atoms with Gasteiger partial charge in [-0.3, -0.25) is 4.57 Å². The zero-order chi connectivity index (χ0) is 12.5. The van der Waals surface area contributed by atoms with E-state index in [2.05, 4.69) is 33.1 Å². The van der Waals surface area contributed by atoms with Crippen LogP contribution in [0.1, 0.15) is 48.5 Å². The van der Waals surface area contributed by atoms with Crippen molar-refractivity contribution in [3.05, 3.63) is 33.0 Å². The molecule has 0 bridgehead atoms. The fraction of sp³-hybridized carbons (Fsp3) is 0.538. The van der Waals surface area contributed by atoms with Crippen molar-refractivity contribution in [3.63, 3.8) is 0 Å². The van der Waals surface area contributed by atoms with Gasteiger partial charge in [0.25, 0.3) is 0 Å². The second-order valence-electron chi connectivity index (χ2n) is 4.71. The maximum Gasteiger partial charge on any atom is 0.225 e. The summed E-state index contributed by atoms with van der Waals surface area (Å²) in [6.45, 7) is 2.16. The summed E-state index contributed by atoms with van der Waals surface area (Å²) in [5.74, 6) is 1.02. The highest BCUT2D eigenvalue weighted by Gasteiger charge is 2.26. The minimum absolute atomic E-state index is 0.337. The van der Waals surface area contributed by atoms with Crippen molar-refractivity contribution in [1.82, 2.24) is 14.8 Å². The van der Waals surface area contributed by atoms with Gasteiger partial charge < -0.3 is 0 Å². The van der Waals surface area contributed by atoms with Crippen LogP contribution in [0.2, 0.25) is 5.28 Å². The Labute approximate surface area is 116 Å². The van der Waals surface area contributed by atoms with Crippen LogP contribution in [0.25, 0.3) is 0 Å². The molecule has 2 aromatic rings. The Morgan fingerprint density at radius 1 is 1.50 bits per heavy atom. The van der Waals surface area contributed by atoms with Crippen LogP contribution in [0.3, 0.4) is 0 Å². The lowest BCUT2D eigenvalue weighted by molar-refractivity contribution is 0.478. The third-order valence-corrected chi connectivity index (χ3v) is 4.78. The van der Waals surface area contributed by atoms with Crippen molar-refractivity contribution >= 4 is 22.9 Å². The van der Waals surface area contributed by atoms with E-state index in [4.69, 9.17) is 11.6 Å². The Balaban J connectivity index is 2.04. The van der Waals surface area contributed by atoms with Crippen LogP contribution in [-0.2, 0) is 12.8 Å². The predicted molar refractivity (Wildman–Crippen MR) is 74.4 cm³/mol. The summed E-state index contributed by atoms with van der Waals surface area (Å²) >= 11 is 8.09. The topological polar surface area (TPSA) is 30.7 Å². The number of nitrogens with zero attached hydrogens (tertiary/aromatic N) is 3. The van der Waals surface area contributed by atoms with Crippen molar-refractivity contribution in [3.8, 4) is 0 Å². The van der Waals surface area contributed by atoms with Crippen LogP contribution >= 0.6 is 22.9 Å². The fourth-order valence-electron chi connectivity index (χ4n) is 2.73. The quantitative estimate of drug-likeness (QED) is 0.855. The highest BCUT2D eigenvalue weighted by atomic mass is 35.5. The lowest BCUT2D eigenvalue weighted by Crippen LogP contribution is -2.18. The molecule has 3 rings (SSSR count). The van der Waals surface area contributed by atoms with Crippen molar-refractivity contribution < 1.29 is 0 Å². The summed E-state index contributed by atoms with van der Waals surface area (Å²) in [4.78, 5) is 1.50. The van der Waals surface area contributed by atoms with Crippen LogP contribution in [-0.4, -0.2) is 14.8 Å². The maximum atomic E-state index is 6.24. The molecule has 1 aliphatic rings. The van der Waals surface area contributed by atoms with Gasteiger partial charge in [0, 0.05) is 11.3 Å². The van der Waals surface area contributed by atoms with E-state index >= 15 is 0 Å². The second kappa shape index (κ2) is 5.02. The van der Waals surface area contributed by atoms with Gasteiger partial charge in [-0.15, -0.1) is 21.5 Å². The van der Waals surface area contributed by atoms with Crippen LogP contribution < -0.4 is 0 Å². The zero-order valence-corrected chi connectivity index (χ0v) is 12.0. The molecule has 1 unspecified atom stereocenters. The van der Waals surface area contributed by atoms with E-state index in [0.29, 0.717) is 11.3 Å². The molecule has 0 spiro atoms. The first-order chi connectivity index (χ1) is 8.81. The fourth-order valence-corrected chi connectivity index (χ4v) is 3.97. The van der Waals surface area contributed by atoms with Crippen LogP contribution in [0.15, 0.2) is 11.4 Å². The number of aromatic nitrogens is 3. The summed E-state index contributed by atoms with van der Waals surface area (Å²) in [6.07, 6.45) is 5.57. The largest absolute Gasteiger partial charge is 0.294 e. The minimum atomic E-state index is 0.337. The second-order valence-corrected chi connectivity index (χ2v) is 6.05. The Morgan fingerprint density at radius 3 is 3.22 bits per heavy atom. The zero-order valence-electron chi connectivity index (χ0n) is 10.4. The smallest absolute Gasteiger partial charge is 0.225 e. The molecule has 1 aliphatic carbocycles. The third kappa shape index (κ3) is 1.97. The first-order valence-corrected chi connectivity index (χ1v) is 7.72. The number of hydrogen-bond donors (Lipinski definition) is 0. The van der Waals surface area contributed by atoms with E-state index in [-0.39, 0.29) is 0 Å². The van der Waals surface area contributed by atoms with Gasteiger partial charge >= 0.3 is 0 Å². The first kappa shape index (κ1) is 12.2. The van der Waals surface area contributed by atoms with Gasteiger partial charge in [0.1, 0.15) is 5.82 Å². The summed E-state index contributed by atoms with van der Waals surface area (Å²) in [6, 6.07) is 2.57. The summed E-state index contributed by atoms with van der Waals surface area (Å²) < 4.78 is 2.13. The van der Waals surface area contributed by atoms with E-state index < -0.39 is 0 Å². The summed E-state index contributed by atoms with van der Waals surface area (Å²) in [7, 11) is 0. The maximum absolute atomic E-state index is 6.24. The number of aryl methyl sites for hydroxylation is 2. The van der Waals surface area contributed by atoms with E-state index in [1.807, 2.05) is 11.3 Å². The van der Waals surface area contributed by atoms with Gasteiger partial charge in [-0.25, -0.2) is 0 Å². The Hall–Kier alpha value is -0.870. The SMILES string of the molecule is CCCc1nnc(Cl)n1C1CCCc2sccc21. The molecule has 0 saturated carbocycles. The molecule has 0 N–H and O–H groups in total. The number of halogens is 1. The molecular formula is C13H16ClN3S. The van der Waals surface area contributed by atoms with E-state index in [0.717, 1.165) is 25.1 Å². The molecule has 0 radical (unpaired) electrons. The van der Waals surface area contributed by atoms with Crippen LogP contribution in [0, 0.1) is 0 Å². The first-order valence-electron chi connectivity index (χ1n) is 6.46. The van der Waals surface area contributed by atoms with Crippen molar-refractivity contribution in [2.24, 2.45) is 0 Å². The summed E-state index contributed by atoms with van der Waals surface area (Å²) in [5, 5.41) is 11.0. The Bertz CT molecular complexity index is 546. The van der Waals surface area contributed by atoms with Crippen LogP contribution in [0.5, 0.6) is 0 Å². The van der Waals surface area contributed by atoms with Gasteiger partial charge in [-0.1, -0.05) is 6.92 Å². The number of fused-ring (bicyclic) bond motifs is 1. The number of rotatable bonds is 3. The normalized spacial score (nSPS) is 18.9. The molecule has 0 fully saturated rings. The Kier molecular flexibility index (Phi) is 3.39. The molecule has 0 aromatic carbocycles. The molecule has 96 valence electrons. The lowest BCUT2D eigenvalue weighted by atomic mass is 9.93. The average molecular weight is 282 g/mol. The average Bonchev–Trinajstić information content (AvgIpc) is 2.97. The highest BCUT2D eigenvalue weighted by Crippen LogP contribution is 2.37. The molecule has 2 heterocycles. The number of thiophene rings is 1. The van der Waals surface area contributed by atoms with Gasteiger partial charge in [-0.2, -0.15) is 0 Å². The number of hydrogen-bond acceptors (Lipinski definition) is 3. The van der Waals surface area contributed by atoms with E-state index in [9.17, 15) is 0 Å². The standard InChI is InChI=1S/C13H16ClN3S/c1-2-4-12-15-16-13(14)17(12)10-5-3-6-11-9(10)7-8-18-11/h7-8,10H,2-6H2,1H3. The highest BCUT2D eigenvalue weighted by molar-refractivity contribution is 7.10. The molecule has 1 atom stereocenters. The summed E-state index contributed by atoms with van der Waals surface area (Å²) in [5.41, 5.74) is 1.42. The van der Waals surface area contributed by atoms with Gasteiger partial charge in [-0.05, 0) is 54.3 Å². The van der Waals surface area contributed by atoms with Crippen molar-refractivity contribution in [2.45, 2.75) is 45.1 Å². The molecule has 5 heteroatoms. The van der Waals surface area contributed by atoms with Gasteiger partial charge in [0.05, 0.1) is 6.04 Å². The van der Waals surface area contributed by atoms with Crippen molar-refractivity contribution in [1.29, 1.82) is 0 Å². The third-order valence-electron chi connectivity index (χ3n) is 3.53. The molecule has 18 heavy (non-hydrogen) atoms. The predicted octanol–water partition coefficient (Wildman–Crippen LogP) is 3.87.